The Kier molecular flexibility index (Phi) is 5.15. The molecule has 0 spiro atoms. The molecule has 1 aromatic rings. The molecular formula is C12H22N4O. The van der Waals surface area contributed by atoms with Gasteiger partial charge in [0.25, 0.3) is 0 Å². The summed E-state index contributed by atoms with van der Waals surface area (Å²) in [4.78, 5) is 10.4. The van der Waals surface area contributed by atoms with Crippen LogP contribution in [0.4, 0.5) is 5.82 Å². The number of rotatable bonds is 6. The predicted octanol–water partition coefficient (Wildman–Crippen LogP) is 1.44. The smallest absolute Gasteiger partial charge is 0.218 e. The van der Waals surface area contributed by atoms with E-state index in [1.54, 1.807) is 0 Å². The van der Waals surface area contributed by atoms with E-state index in [9.17, 15) is 0 Å². The number of aromatic nitrogens is 2. The van der Waals surface area contributed by atoms with Gasteiger partial charge in [-0.2, -0.15) is 0 Å². The van der Waals surface area contributed by atoms with Crippen molar-refractivity contribution in [2.45, 2.75) is 39.3 Å². The van der Waals surface area contributed by atoms with Crippen molar-refractivity contribution in [3.05, 3.63) is 12.4 Å². The Morgan fingerprint density at radius 2 is 2.06 bits per heavy atom. The van der Waals surface area contributed by atoms with E-state index in [4.69, 9.17) is 10.5 Å². The summed E-state index contributed by atoms with van der Waals surface area (Å²) < 4.78 is 5.54. The molecule has 0 aliphatic carbocycles. The van der Waals surface area contributed by atoms with Crippen molar-refractivity contribution in [3.63, 3.8) is 0 Å². The number of ether oxygens (including phenoxy) is 1. The Labute approximate surface area is 103 Å². The van der Waals surface area contributed by atoms with Crippen LogP contribution in [0.5, 0.6) is 5.88 Å². The highest BCUT2D eigenvalue weighted by Crippen LogP contribution is 2.18. The van der Waals surface area contributed by atoms with E-state index in [2.05, 4.69) is 21.8 Å². The first kappa shape index (κ1) is 13.7. The van der Waals surface area contributed by atoms with Crippen LogP contribution in [0.15, 0.2) is 12.4 Å². The lowest BCUT2D eigenvalue weighted by molar-refractivity contribution is 0.232. The molecule has 1 heterocycles. The second-order valence-corrected chi connectivity index (χ2v) is 4.42. The molecule has 2 N–H and O–H groups in total. The van der Waals surface area contributed by atoms with Crippen molar-refractivity contribution in [1.29, 1.82) is 0 Å². The van der Waals surface area contributed by atoms with Crippen molar-refractivity contribution < 1.29 is 4.74 Å². The molecule has 0 aromatic carbocycles. The van der Waals surface area contributed by atoms with Crippen molar-refractivity contribution in [2.75, 3.05) is 18.5 Å². The fourth-order valence-corrected chi connectivity index (χ4v) is 1.49. The van der Waals surface area contributed by atoms with Gasteiger partial charge in [0.05, 0.1) is 6.10 Å². The highest BCUT2D eigenvalue weighted by Gasteiger charge is 2.11. The third-order valence-electron chi connectivity index (χ3n) is 2.59. The fourth-order valence-electron chi connectivity index (χ4n) is 1.49. The second-order valence-electron chi connectivity index (χ2n) is 4.42. The third kappa shape index (κ3) is 4.19. The zero-order chi connectivity index (χ0) is 12.8. The third-order valence-corrected chi connectivity index (χ3v) is 2.59. The van der Waals surface area contributed by atoms with Crippen LogP contribution in [0.3, 0.4) is 0 Å². The fraction of sp³-hybridized carbons (Fsp3) is 0.667. The van der Waals surface area contributed by atoms with Gasteiger partial charge in [-0.3, -0.25) is 0 Å². The van der Waals surface area contributed by atoms with E-state index in [0.29, 0.717) is 18.5 Å². The van der Waals surface area contributed by atoms with Crippen molar-refractivity contribution in [2.24, 2.45) is 5.73 Å². The first-order valence-corrected chi connectivity index (χ1v) is 5.96. The molecule has 1 aromatic heterocycles. The Morgan fingerprint density at radius 3 is 2.65 bits per heavy atom. The molecule has 5 nitrogen and oxygen atoms in total. The van der Waals surface area contributed by atoms with E-state index in [1.807, 2.05) is 27.0 Å². The number of nitrogens with two attached hydrogens (primary N) is 1. The Hall–Kier alpha value is -1.36. The van der Waals surface area contributed by atoms with Crippen LogP contribution in [-0.4, -0.2) is 35.7 Å². The van der Waals surface area contributed by atoms with Crippen LogP contribution in [0.2, 0.25) is 0 Å². The van der Waals surface area contributed by atoms with Crippen LogP contribution >= 0.6 is 0 Å². The summed E-state index contributed by atoms with van der Waals surface area (Å²) in [7, 11) is 2.00. The number of hydrogen-bond acceptors (Lipinski definition) is 5. The van der Waals surface area contributed by atoms with Gasteiger partial charge >= 0.3 is 0 Å². The van der Waals surface area contributed by atoms with Crippen LogP contribution in [0.25, 0.3) is 0 Å². The zero-order valence-corrected chi connectivity index (χ0v) is 11.1. The molecule has 0 fully saturated rings. The molecule has 17 heavy (non-hydrogen) atoms. The average molecular weight is 238 g/mol. The predicted molar refractivity (Wildman–Crippen MR) is 69.3 cm³/mol. The van der Waals surface area contributed by atoms with Gasteiger partial charge in [-0.25, -0.2) is 9.97 Å². The van der Waals surface area contributed by atoms with Crippen LogP contribution in [0, 0.1) is 0 Å². The minimum absolute atomic E-state index is 0.115. The molecule has 0 saturated heterocycles. The maximum atomic E-state index is 5.56. The van der Waals surface area contributed by atoms with Gasteiger partial charge in [0.2, 0.25) is 5.88 Å². The molecule has 0 saturated carbocycles. The van der Waals surface area contributed by atoms with Crippen LogP contribution in [0.1, 0.15) is 27.2 Å². The summed E-state index contributed by atoms with van der Waals surface area (Å²) in [5, 5.41) is 0. The Bertz CT molecular complexity index is 343. The van der Waals surface area contributed by atoms with Crippen LogP contribution < -0.4 is 15.4 Å². The van der Waals surface area contributed by atoms with Crippen LogP contribution in [-0.2, 0) is 0 Å². The molecule has 5 heteroatoms. The molecule has 1 unspecified atom stereocenters. The van der Waals surface area contributed by atoms with Gasteiger partial charge in [-0.1, -0.05) is 0 Å². The lowest BCUT2D eigenvalue weighted by Gasteiger charge is -2.25. The minimum atomic E-state index is 0.115. The summed E-state index contributed by atoms with van der Waals surface area (Å²) in [5.74, 6) is 1.47. The summed E-state index contributed by atoms with van der Waals surface area (Å²) in [6.45, 7) is 6.75. The lowest BCUT2D eigenvalue weighted by Crippen LogP contribution is -2.31. The summed E-state index contributed by atoms with van der Waals surface area (Å²) in [5.41, 5.74) is 5.56. The first-order valence-electron chi connectivity index (χ1n) is 5.96. The molecular weight excluding hydrogens is 216 g/mol. The molecule has 1 rings (SSSR count). The topological polar surface area (TPSA) is 64.3 Å². The molecule has 1 atom stereocenters. The van der Waals surface area contributed by atoms with Gasteiger partial charge in [0, 0.05) is 19.2 Å². The summed E-state index contributed by atoms with van der Waals surface area (Å²) in [6.07, 6.45) is 2.57. The van der Waals surface area contributed by atoms with E-state index in [1.165, 1.54) is 6.33 Å². The summed E-state index contributed by atoms with van der Waals surface area (Å²) >= 11 is 0. The molecule has 0 aliphatic heterocycles. The normalized spacial score (nSPS) is 12.6. The first-order chi connectivity index (χ1) is 8.04. The molecule has 0 bridgehead atoms. The number of anilines is 1. The zero-order valence-electron chi connectivity index (χ0n) is 11.1. The molecule has 0 radical (unpaired) electrons. The summed E-state index contributed by atoms with van der Waals surface area (Å²) in [6, 6.07) is 2.20. The van der Waals surface area contributed by atoms with Crippen molar-refractivity contribution in [3.8, 4) is 5.88 Å². The van der Waals surface area contributed by atoms with Gasteiger partial charge in [-0.05, 0) is 33.7 Å². The largest absolute Gasteiger partial charge is 0.475 e. The Morgan fingerprint density at radius 1 is 1.35 bits per heavy atom. The van der Waals surface area contributed by atoms with E-state index in [-0.39, 0.29) is 6.10 Å². The quantitative estimate of drug-likeness (QED) is 0.812. The van der Waals surface area contributed by atoms with Gasteiger partial charge in [0.1, 0.15) is 12.1 Å². The van der Waals surface area contributed by atoms with E-state index >= 15 is 0 Å². The minimum Gasteiger partial charge on any atom is -0.475 e. The second kappa shape index (κ2) is 6.39. The van der Waals surface area contributed by atoms with Crippen molar-refractivity contribution in [1.82, 2.24) is 9.97 Å². The van der Waals surface area contributed by atoms with E-state index < -0.39 is 0 Å². The van der Waals surface area contributed by atoms with Gasteiger partial charge in [0.15, 0.2) is 0 Å². The van der Waals surface area contributed by atoms with E-state index in [0.717, 1.165) is 12.2 Å². The monoisotopic (exact) mass is 238 g/mol. The Balaban J connectivity index is 2.76. The maximum Gasteiger partial charge on any atom is 0.218 e. The number of nitrogens with zero attached hydrogens (tertiary/aromatic N) is 3. The van der Waals surface area contributed by atoms with Gasteiger partial charge < -0.3 is 15.4 Å². The maximum absolute atomic E-state index is 5.56. The average Bonchev–Trinajstić information content (AvgIpc) is 2.28. The van der Waals surface area contributed by atoms with Crippen molar-refractivity contribution >= 4 is 5.82 Å². The standard InChI is InChI=1S/C12H22N4O/c1-9(2)17-12-7-11(14-8-15-12)16(4)10(3)5-6-13/h7-10H,5-6,13H2,1-4H3. The highest BCUT2D eigenvalue weighted by molar-refractivity contribution is 5.40. The molecule has 96 valence electrons. The highest BCUT2D eigenvalue weighted by atomic mass is 16.5. The SMILES string of the molecule is CC(C)Oc1cc(N(C)C(C)CCN)ncn1. The molecule has 0 amide bonds. The lowest BCUT2D eigenvalue weighted by atomic mass is 10.2. The van der Waals surface area contributed by atoms with Gasteiger partial charge in [-0.15, -0.1) is 0 Å². The number of hydrogen-bond donors (Lipinski definition) is 1. The molecule has 0 aliphatic rings.